The van der Waals surface area contributed by atoms with Gasteiger partial charge < -0.3 is 20.4 Å². The molecule has 1 saturated carbocycles. The molecule has 7 nitrogen and oxygen atoms in total. The summed E-state index contributed by atoms with van der Waals surface area (Å²) in [4.78, 5) is 24.4. The van der Waals surface area contributed by atoms with Crippen molar-refractivity contribution in [2.75, 3.05) is 37.8 Å². The van der Waals surface area contributed by atoms with Crippen molar-refractivity contribution >= 4 is 40.4 Å². The molecule has 2 aliphatic rings. The van der Waals surface area contributed by atoms with Crippen molar-refractivity contribution in [3.8, 4) is 0 Å². The number of carbonyl (C=O) groups is 1. The minimum absolute atomic E-state index is 0.0696. The number of pyridine rings is 1. The molecule has 0 radical (unpaired) electrons. The molecule has 0 bridgehead atoms. The van der Waals surface area contributed by atoms with Gasteiger partial charge in [-0.25, -0.2) is 9.78 Å². The highest BCUT2D eigenvalue weighted by molar-refractivity contribution is 7.97. The van der Waals surface area contributed by atoms with Gasteiger partial charge in [0.2, 0.25) is 0 Å². The molecular formula is C22H32N6OS. The maximum Gasteiger partial charge on any atom is 0.320 e. The van der Waals surface area contributed by atoms with E-state index in [1.807, 2.05) is 25.1 Å². The Hall–Kier alpha value is -2.19. The predicted molar refractivity (Wildman–Crippen MR) is 125 cm³/mol. The van der Waals surface area contributed by atoms with Crippen LogP contribution in [0.1, 0.15) is 33.6 Å². The van der Waals surface area contributed by atoms with Crippen LogP contribution in [0.3, 0.4) is 0 Å². The monoisotopic (exact) mass is 428 g/mol. The largest absolute Gasteiger partial charge is 0.384 e. The molecule has 8 heteroatoms. The lowest BCUT2D eigenvalue weighted by Crippen LogP contribution is -2.60. The summed E-state index contributed by atoms with van der Waals surface area (Å²) in [5.41, 5.74) is 8.28. The molecule has 1 unspecified atom stereocenters. The molecule has 1 aliphatic carbocycles. The van der Waals surface area contributed by atoms with Crippen LogP contribution in [0, 0.1) is 0 Å². The quantitative estimate of drug-likeness (QED) is 0.725. The number of hydrogen-bond donors (Lipinski definition) is 2. The fourth-order valence-corrected chi connectivity index (χ4v) is 5.04. The summed E-state index contributed by atoms with van der Waals surface area (Å²) in [5, 5.41) is 1.10. The summed E-state index contributed by atoms with van der Waals surface area (Å²) < 4.78 is 3.59. The number of piperazine rings is 1. The maximum absolute atomic E-state index is 12.6. The molecule has 0 spiro atoms. The Morgan fingerprint density at radius 3 is 2.50 bits per heavy atom. The van der Waals surface area contributed by atoms with E-state index in [1.165, 1.54) is 12.8 Å². The molecule has 3 N–H and O–H groups in total. The van der Waals surface area contributed by atoms with Gasteiger partial charge in [-0.05, 0) is 69.8 Å². The Labute approximate surface area is 183 Å². The number of benzene rings is 1. The predicted octanol–water partition coefficient (Wildman–Crippen LogP) is 3.55. The minimum atomic E-state index is 0.0696. The van der Waals surface area contributed by atoms with Gasteiger partial charge in [0.1, 0.15) is 5.82 Å². The smallest absolute Gasteiger partial charge is 0.320 e. The van der Waals surface area contributed by atoms with Crippen LogP contribution in [0.2, 0.25) is 0 Å². The number of aromatic nitrogens is 1. The summed E-state index contributed by atoms with van der Waals surface area (Å²) in [5.74, 6) is 0.529. The fourth-order valence-electron chi connectivity index (χ4n) is 4.13. The number of carbonyl (C=O) groups excluding carboxylic acids is 1. The summed E-state index contributed by atoms with van der Waals surface area (Å²) in [6, 6.07) is 8.56. The van der Waals surface area contributed by atoms with E-state index < -0.39 is 0 Å². The highest BCUT2D eigenvalue weighted by atomic mass is 32.2. The van der Waals surface area contributed by atoms with E-state index in [4.69, 9.17) is 5.73 Å². The molecule has 4 rings (SSSR count). The van der Waals surface area contributed by atoms with Crippen molar-refractivity contribution in [1.82, 2.24) is 19.5 Å². The highest BCUT2D eigenvalue weighted by Crippen LogP contribution is 2.39. The van der Waals surface area contributed by atoms with Gasteiger partial charge in [-0.2, -0.15) is 0 Å². The number of nitrogens with zero attached hydrogens (tertiary/aromatic N) is 4. The summed E-state index contributed by atoms with van der Waals surface area (Å²) in [6.07, 6.45) is 2.42. The Morgan fingerprint density at radius 1 is 1.23 bits per heavy atom. The zero-order valence-corrected chi connectivity index (χ0v) is 19.3. The second-order valence-corrected chi connectivity index (χ2v) is 10.1. The highest BCUT2D eigenvalue weighted by Gasteiger charge is 2.37. The molecule has 1 aromatic heterocycles. The van der Waals surface area contributed by atoms with Crippen LogP contribution >= 0.6 is 11.9 Å². The van der Waals surface area contributed by atoms with Gasteiger partial charge in [-0.15, -0.1) is 0 Å². The van der Waals surface area contributed by atoms with Crippen LogP contribution in [0.15, 0.2) is 29.2 Å². The Balaban J connectivity index is 1.66. The molecular weight excluding hydrogens is 396 g/mol. The second kappa shape index (κ2) is 7.81. The third-order valence-corrected chi connectivity index (χ3v) is 7.12. The van der Waals surface area contributed by atoms with Gasteiger partial charge in [-0.1, -0.05) is 0 Å². The zero-order chi connectivity index (χ0) is 21.6. The normalized spacial score (nSPS) is 23.0. The molecule has 1 aliphatic heterocycles. The molecule has 2 heterocycles. The first-order chi connectivity index (χ1) is 14.2. The standard InChI is InChI=1S/C22H32N6OS/c1-14-12-27(13-15(2)28(14)21(29)26(4)5)19-11-16(30-25-22(3)8-9-22)10-18-17(19)6-7-20(23)24-18/h6-7,10-11,14-15,25H,8-9,12-13H2,1-5H3,(H2,23,24)/t14-,15?/m0/s1. The van der Waals surface area contributed by atoms with E-state index >= 15 is 0 Å². The Kier molecular flexibility index (Phi) is 5.48. The SMILES string of the molecule is CC1CN(c2cc(SNC3(C)CC3)cc3nc(N)ccc23)C[C@H](C)N1C(=O)N(C)C. The van der Waals surface area contributed by atoms with Crippen LogP contribution in [-0.2, 0) is 0 Å². The van der Waals surface area contributed by atoms with E-state index in [0.717, 1.165) is 34.6 Å². The first kappa shape index (κ1) is 21.1. The van der Waals surface area contributed by atoms with Gasteiger partial charge in [0.15, 0.2) is 0 Å². The number of amides is 2. The van der Waals surface area contributed by atoms with Crippen LogP contribution in [0.5, 0.6) is 0 Å². The molecule has 1 saturated heterocycles. The zero-order valence-electron chi connectivity index (χ0n) is 18.5. The topological polar surface area (TPSA) is 77.7 Å². The minimum Gasteiger partial charge on any atom is -0.384 e. The van der Waals surface area contributed by atoms with E-state index in [1.54, 1.807) is 16.8 Å². The van der Waals surface area contributed by atoms with Gasteiger partial charge in [0.05, 0.1) is 5.52 Å². The van der Waals surface area contributed by atoms with Gasteiger partial charge in [0.25, 0.3) is 0 Å². The van der Waals surface area contributed by atoms with Gasteiger partial charge in [-0.3, -0.25) is 4.72 Å². The first-order valence-electron chi connectivity index (χ1n) is 10.6. The fraction of sp³-hybridized carbons (Fsp3) is 0.545. The van der Waals surface area contributed by atoms with Crippen molar-refractivity contribution < 1.29 is 4.79 Å². The lowest BCUT2D eigenvalue weighted by molar-refractivity contribution is 0.120. The maximum atomic E-state index is 12.6. The number of nitrogen functional groups attached to an aromatic ring is 1. The molecule has 2 fully saturated rings. The van der Waals surface area contributed by atoms with Crippen LogP contribution in [-0.4, -0.2) is 65.6 Å². The molecule has 2 atom stereocenters. The van der Waals surface area contributed by atoms with Crippen molar-refractivity contribution in [2.45, 2.75) is 56.1 Å². The average molecular weight is 429 g/mol. The molecule has 2 amide bonds. The number of fused-ring (bicyclic) bond motifs is 1. The van der Waals surface area contributed by atoms with Crippen molar-refractivity contribution in [1.29, 1.82) is 0 Å². The summed E-state index contributed by atoms with van der Waals surface area (Å²) in [7, 11) is 3.62. The number of nitrogens with one attached hydrogen (secondary N) is 1. The lowest BCUT2D eigenvalue weighted by atomic mass is 10.1. The number of urea groups is 1. The van der Waals surface area contributed by atoms with Crippen LogP contribution in [0.4, 0.5) is 16.3 Å². The Morgan fingerprint density at radius 2 is 1.90 bits per heavy atom. The van der Waals surface area contributed by atoms with Crippen molar-refractivity contribution in [3.05, 3.63) is 24.3 Å². The van der Waals surface area contributed by atoms with Gasteiger partial charge in [0, 0.05) is 60.8 Å². The first-order valence-corrected chi connectivity index (χ1v) is 11.4. The molecule has 162 valence electrons. The number of hydrogen-bond acceptors (Lipinski definition) is 6. The second-order valence-electron chi connectivity index (χ2n) is 9.20. The summed E-state index contributed by atoms with van der Waals surface area (Å²) >= 11 is 1.67. The number of anilines is 2. The van der Waals surface area contributed by atoms with Crippen molar-refractivity contribution in [3.63, 3.8) is 0 Å². The lowest BCUT2D eigenvalue weighted by Gasteiger charge is -2.46. The average Bonchev–Trinajstić information content (AvgIpc) is 3.42. The van der Waals surface area contributed by atoms with Crippen LogP contribution in [0.25, 0.3) is 10.9 Å². The van der Waals surface area contributed by atoms with E-state index in [2.05, 4.69) is 53.6 Å². The number of rotatable bonds is 4. The third kappa shape index (κ3) is 4.16. The van der Waals surface area contributed by atoms with Crippen LogP contribution < -0.4 is 15.4 Å². The third-order valence-electron chi connectivity index (χ3n) is 6.06. The van der Waals surface area contributed by atoms with E-state index in [9.17, 15) is 4.79 Å². The molecule has 30 heavy (non-hydrogen) atoms. The molecule has 2 aromatic rings. The number of nitrogens with two attached hydrogens (primary N) is 1. The Bertz CT molecular complexity index is 948. The van der Waals surface area contributed by atoms with E-state index in [-0.39, 0.29) is 23.7 Å². The van der Waals surface area contributed by atoms with Crippen molar-refractivity contribution in [2.24, 2.45) is 0 Å². The van der Waals surface area contributed by atoms with Gasteiger partial charge >= 0.3 is 6.03 Å². The molecule has 1 aromatic carbocycles. The summed E-state index contributed by atoms with van der Waals surface area (Å²) in [6.45, 7) is 8.06. The van der Waals surface area contributed by atoms with E-state index in [0.29, 0.717) is 5.82 Å².